The minimum atomic E-state index is 0.0556. The van der Waals surface area contributed by atoms with Gasteiger partial charge in [-0.2, -0.15) is 0 Å². The van der Waals surface area contributed by atoms with Crippen molar-refractivity contribution in [1.82, 2.24) is 20.2 Å². The van der Waals surface area contributed by atoms with Gasteiger partial charge in [0.05, 0.1) is 10.9 Å². The number of thiazole rings is 1. The third-order valence-electron chi connectivity index (χ3n) is 6.94. The fraction of sp³-hybridized carbons (Fsp3) is 0.393. The van der Waals surface area contributed by atoms with Gasteiger partial charge >= 0.3 is 0 Å². The molecule has 4 aromatic rings. The molecule has 6 nitrogen and oxygen atoms in total. The average Bonchev–Trinajstić information content (AvgIpc) is 3.46. The Balaban J connectivity index is 1.36. The first-order valence-corrected chi connectivity index (χ1v) is 14.3. The van der Waals surface area contributed by atoms with E-state index in [1.165, 1.54) is 16.0 Å². The van der Waals surface area contributed by atoms with Crippen LogP contribution in [0.15, 0.2) is 48.8 Å². The van der Waals surface area contributed by atoms with Crippen LogP contribution in [0.25, 0.3) is 20.8 Å². The Morgan fingerprint density at radius 3 is 2.86 bits per heavy atom. The largest absolute Gasteiger partial charge is 0.317 e. The molecule has 0 spiro atoms. The number of carbonyl (C=O) groups is 1. The summed E-state index contributed by atoms with van der Waals surface area (Å²) < 4.78 is 1.12. The van der Waals surface area contributed by atoms with Gasteiger partial charge in [-0.15, -0.1) is 22.7 Å². The summed E-state index contributed by atoms with van der Waals surface area (Å²) in [4.78, 5) is 26.1. The number of pyridine rings is 1. The maximum Gasteiger partial charge on any atom is 0.226 e. The Hall–Kier alpha value is -2.65. The Bertz CT molecular complexity index is 1300. The second-order valence-electron chi connectivity index (χ2n) is 9.57. The van der Waals surface area contributed by atoms with Gasteiger partial charge in [-0.05, 0) is 43.9 Å². The van der Waals surface area contributed by atoms with E-state index in [1.54, 1.807) is 28.9 Å². The molecule has 1 amide bonds. The van der Waals surface area contributed by atoms with Crippen LogP contribution in [0.4, 0.5) is 5.00 Å². The van der Waals surface area contributed by atoms with Gasteiger partial charge in [0.25, 0.3) is 0 Å². The van der Waals surface area contributed by atoms with E-state index < -0.39 is 0 Å². The molecule has 1 unspecified atom stereocenters. The topological polar surface area (TPSA) is 70.2 Å². The molecule has 0 fully saturated rings. The molecule has 0 radical (unpaired) electrons. The molecular weight excluding hydrogens is 486 g/mol. The van der Waals surface area contributed by atoms with Crippen LogP contribution in [0, 0.1) is 0 Å². The van der Waals surface area contributed by atoms with Crippen molar-refractivity contribution in [3.05, 3.63) is 64.8 Å². The fourth-order valence-electron chi connectivity index (χ4n) is 4.68. The van der Waals surface area contributed by atoms with Crippen LogP contribution in [0.5, 0.6) is 0 Å². The minimum Gasteiger partial charge on any atom is -0.317 e. The summed E-state index contributed by atoms with van der Waals surface area (Å²) >= 11 is 3.36. The second-order valence-corrected chi connectivity index (χ2v) is 11.7. The maximum absolute atomic E-state index is 13.2. The number of thiophene rings is 1. The number of aromatic nitrogens is 2. The first-order chi connectivity index (χ1) is 17.5. The summed E-state index contributed by atoms with van der Waals surface area (Å²) in [6.07, 6.45) is 6.06. The SMILES string of the molecule is CC[C@H](C)N(CCC(=O)Nc1sc2c(c1-c1nc3cnccc3s1)CC(C)NC2)Cc1ccccc1. The first kappa shape index (κ1) is 25.0. The predicted octanol–water partition coefficient (Wildman–Crippen LogP) is 6.08. The molecular formula is C28H33N5OS2. The summed E-state index contributed by atoms with van der Waals surface area (Å²) in [6, 6.07) is 13.3. The molecule has 1 aromatic carbocycles. The number of nitrogens with one attached hydrogen (secondary N) is 2. The summed E-state index contributed by atoms with van der Waals surface area (Å²) in [5.74, 6) is 0.0556. The van der Waals surface area contributed by atoms with Crippen LogP contribution in [-0.2, 0) is 24.3 Å². The number of nitrogens with zero attached hydrogens (tertiary/aromatic N) is 3. The van der Waals surface area contributed by atoms with Crippen molar-refractivity contribution in [2.75, 3.05) is 11.9 Å². The zero-order chi connectivity index (χ0) is 25.1. The van der Waals surface area contributed by atoms with Crippen LogP contribution >= 0.6 is 22.7 Å². The number of amides is 1. The number of rotatable bonds is 9. The highest BCUT2D eigenvalue weighted by atomic mass is 32.1. The standard InChI is InChI=1S/C28H33N5OS2/c1-4-19(3)33(17-20-8-6-5-7-9-20)13-11-25(34)32-28-26(21-14-18(2)30-16-24(21)36-28)27-31-22-15-29-12-10-23(22)35-27/h5-10,12,15,18-19,30H,4,11,13-14,16-17H2,1-3H3,(H,32,34)/t18?,19-/m0/s1. The van der Waals surface area contributed by atoms with Crippen LogP contribution < -0.4 is 10.6 Å². The Labute approximate surface area is 220 Å². The number of hydrogen-bond acceptors (Lipinski definition) is 7. The highest BCUT2D eigenvalue weighted by molar-refractivity contribution is 7.22. The van der Waals surface area contributed by atoms with E-state index in [4.69, 9.17) is 4.98 Å². The van der Waals surface area contributed by atoms with Gasteiger partial charge in [-0.3, -0.25) is 14.7 Å². The summed E-state index contributed by atoms with van der Waals surface area (Å²) in [5.41, 5.74) is 4.60. The Morgan fingerprint density at radius 2 is 2.08 bits per heavy atom. The first-order valence-electron chi connectivity index (χ1n) is 12.7. The maximum atomic E-state index is 13.2. The number of anilines is 1. The lowest BCUT2D eigenvalue weighted by Gasteiger charge is -2.28. The molecule has 3 aromatic heterocycles. The Morgan fingerprint density at radius 1 is 1.25 bits per heavy atom. The number of benzene rings is 1. The predicted molar refractivity (Wildman–Crippen MR) is 151 cm³/mol. The minimum absolute atomic E-state index is 0.0556. The summed E-state index contributed by atoms with van der Waals surface area (Å²) in [7, 11) is 0. The lowest BCUT2D eigenvalue weighted by molar-refractivity contribution is -0.116. The van der Waals surface area contributed by atoms with Gasteiger partial charge < -0.3 is 10.6 Å². The van der Waals surface area contributed by atoms with Gasteiger partial charge in [0.2, 0.25) is 5.91 Å². The molecule has 0 aliphatic carbocycles. The summed E-state index contributed by atoms with van der Waals surface area (Å²) in [6.45, 7) is 9.05. The second kappa shape index (κ2) is 11.2. The van der Waals surface area contributed by atoms with E-state index in [1.807, 2.05) is 18.3 Å². The molecule has 1 aliphatic rings. The molecule has 2 N–H and O–H groups in total. The smallest absolute Gasteiger partial charge is 0.226 e. The normalized spacial score (nSPS) is 16.3. The van der Waals surface area contributed by atoms with Crippen LogP contribution in [0.2, 0.25) is 0 Å². The highest BCUT2D eigenvalue weighted by Gasteiger charge is 2.27. The van der Waals surface area contributed by atoms with E-state index in [9.17, 15) is 4.79 Å². The van der Waals surface area contributed by atoms with E-state index in [-0.39, 0.29) is 5.91 Å². The average molecular weight is 520 g/mol. The lowest BCUT2D eigenvalue weighted by atomic mass is 9.99. The van der Waals surface area contributed by atoms with Crippen molar-refractivity contribution in [3.63, 3.8) is 0 Å². The van der Waals surface area contributed by atoms with Gasteiger partial charge in [-0.25, -0.2) is 4.98 Å². The molecule has 0 bridgehead atoms. The van der Waals surface area contributed by atoms with Gasteiger partial charge in [0.15, 0.2) is 0 Å². The summed E-state index contributed by atoms with van der Waals surface area (Å²) in [5, 5.41) is 8.72. The van der Waals surface area contributed by atoms with Crippen molar-refractivity contribution in [2.45, 2.75) is 65.2 Å². The van der Waals surface area contributed by atoms with E-state index in [0.717, 1.165) is 58.3 Å². The zero-order valence-electron chi connectivity index (χ0n) is 21.1. The van der Waals surface area contributed by atoms with Crippen molar-refractivity contribution >= 4 is 43.8 Å². The molecule has 2 atom stereocenters. The third-order valence-corrected chi connectivity index (χ3v) is 9.14. The van der Waals surface area contributed by atoms with E-state index >= 15 is 0 Å². The zero-order valence-corrected chi connectivity index (χ0v) is 22.7. The highest BCUT2D eigenvalue weighted by Crippen LogP contribution is 2.45. The van der Waals surface area contributed by atoms with Gasteiger partial charge in [0, 0.05) is 54.8 Å². The number of hydrogen-bond donors (Lipinski definition) is 2. The molecule has 8 heteroatoms. The molecule has 4 heterocycles. The molecule has 188 valence electrons. The molecule has 0 saturated carbocycles. The molecule has 5 rings (SSSR count). The van der Waals surface area contributed by atoms with Crippen LogP contribution in [0.1, 0.15) is 49.6 Å². The van der Waals surface area contributed by atoms with Crippen molar-refractivity contribution < 1.29 is 4.79 Å². The fourth-order valence-corrected chi connectivity index (χ4v) is 6.96. The van der Waals surface area contributed by atoms with E-state index in [2.05, 4.69) is 65.6 Å². The molecule has 0 saturated heterocycles. The third kappa shape index (κ3) is 5.52. The lowest BCUT2D eigenvalue weighted by Crippen LogP contribution is -2.34. The van der Waals surface area contributed by atoms with Crippen molar-refractivity contribution in [1.29, 1.82) is 0 Å². The number of fused-ring (bicyclic) bond motifs is 2. The monoisotopic (exact) mass is 519 g/mol. The van der Waals surface area contributed by atoms with E-state index in [0.29, 0.717) is 18.5 Å². The van der Waals surface area contributed by atoms with Crippen molar-refractivity contribution in [2.24, 2.45) is 0 Å². The Kier molecular flexibility index (Phi) is 7.76. The molecule has 36 heavy (non-hydrogen) atoms. The van der Waals surface area contributed by atoms with Crippen molar-refractivity contribution in [3.8, 4) is 10.6 Å². The van der Waals surface area contributed by atoms with Gasteiger partial charge in [0.1, 0.15) is 15.5 Å². The van der Waals surface area contributed by atoms with Crippen LogP contribution in [0.3, 0.4) is 0 Å². The quantitative estimate of drug-likeness (QED) is 0.280. The van der Waals surface area contributed by atoms with Gasteiger partial charge in [-0.1, -0.05) is 37.3 Å². The number of carbonyl (C=O) groups excluding carboxylic acids is 1. The van der Waals surface area contributed by atoms with Crippen LogP contribution in [-0.4, -0.2) is 39.4 Å². The molecule has 1 aliphatic heterocycles.